The van der Waals surface area contributed by atoms with Crippen LogP contribution >= 0.6 is 6.49 Å². The molecule has 44 valence electrons. The van der Waals surface area contributed by atoms with Gasteiger partial charge in [0, 0.05) is 0 Å². The van der Waals surface area contributed by atoms with Crippen LogP contribution < -0.4 is 4.89 Å². The molecule has 0 aromatic heterocycles. The lowest BCUT2D eigenvalue weighted by atomic mass is 10.6. The van der Waals surface area contributed by atoms with Crippen molar-refractivity contribution in [3.8, 4) is 0 Å². The molecular weight excluding hydrogens is 131 g/mol. The van der Waals surface area contributed by atoms with Crippen LogP contribution in [0.2, 0.25) is 0 Å². The van der Waals surface area contributed by atoms with Crippen molar-refractivity contribution in [1.29, 1.82) is 0 Å². The zero-order valence-corrected chi connectivity index (χ0v) is 6.00. The number of rotatable bonds is 1. The summed E-state index contributed by atoms with van der Waals surface area (Å²) in [6.07, 6.45) is 0. The maximum atomic E-state index is 10.3. The first-order valence-electron chi connectivity index (χ1n) is 1.98. The Morgan fingerprint density at radius 3 is 1.86 bits per heavy atom. The van der Waals surface area contributed by atoms with E-state index in [-0.39, 0.29) is 5.66 Å². The highest BCUT2D eigenvalue weighted by Crippen LogP contribution is 2.35. The van der Waals surface area contributed by atoms with E-state index in [1.807, 2.05) is 0 Å². The zero-order valence-electron chi connectivity index (χ0n) is 4.29. The summed E-state index contributed by atoms with van der Waals surface area (Å²) in [5.41, 5.74) is -0.275. The van der Waals surface area contributed by atoms with Crippen LogP contribution in [0.1, 0.15) is 13.8 Å². The quantitative estimate of drug-likeness (QED) is 0.522. The van der Waals surface area contributed by atoms with Crippen molar-refractivity contribution in [2.45, 2.75) is 19.5 Å². The van der Waals surface area contributed by atoms with Gasteiger partial charge in [-0.1, -0.05) is 25.7 Å². The first-order chi connectivity index (χ1) is 2.94. The van der Waals surface area contributed by atoms with Crippen LogP contribution in [0.15, 0.2) is 0 Å². The topological polar surface area (TPSA) is 43.3 Å². The molecule has 0 radical (unpaired) electrons. The monoisotopic (exact) mass is 139 g/mol. The van der Waals surface area contributed by atoms with E-state index in [0.29, 0.717) is 0 Å². The highest BCUT2D eigenvalue weighted by Gasteiger charge is 1.99. The van der Waals surface area contributed by atoms with E-state index in [0.717, 1.165) is 0 Å². The zero-order chi connectivity index (χ0) is 6.08. The van der Waals surface area contributed by atoms with Crippen molar-refractivity contribution in [2.75, 3.05) is 0 Å². The molecule has 0 rings (SSSR count). The minimum absolute atomic E-state index is 0.275. The number of hydrogen-bond donors (Lipinski definition) is 1. The fraction of sp³-hybridized carbons (Fsp3) is 1.00. The van der Waals surface area contributed by atoms with E-state index >= 15 is 0 Å². The maximum Gasteiger partial charge on any atom is -0.00695 e. The summed E-state index contributed by atoms with van der Waals surface area (Å²) in [5.74, 6) is 0. The molecule has 0 aliphatic heterocycles. The van der Waals surface area contributed by atoms with E-state index in [9.17, 15) is 4.89 Å². The molecule has 0 aliphatic carbocycles. The van der Waals surface area contributed by atoms with Gasteiger partial charge in [-0.25, -0.2) is 0 Å². The molecule has 1 N–H and O–H groups in total. The molecule has 0 heterocycles. The van der Waals surface area contributed by atoms with Gasteiger partial charge < -0.3 is 9.79 Å². The summed E-state index contributed by atoms with van der Waals surface area (Å²) in [6.45, 7) is 0.111. The van der Waals surface area contributed by atoms with Crippen molar-refractivity contribution >= 4 is 18.3 Å². The highest BCUT2D eigenvalue weighted by atomic mass is 32.5. The van der Waals surface area contributed by atoms with Gasteiger partial charge in [0.15, 0.2) is 0 Å². The Bertz CT molecular complexity index is 95.1. The Morgan fingerprint density at radius 2 is 1.86 bits per heavy atom. The Labute approximate surface area is 48.4 Å². The van der Waals surface area contributed by atoms with E-state index in [2.05, 4.69) is 11.8 Å². The summed E-state index contributed by atoms with van der Waals surface area (Å²) >= 11 is 4.22. The van der Waals surface area contributed by atoms with Gasteiger partial charge in [-0.15, -0.1) is 0 Å². The average molecular weight is 139 g/mol. The van der Waals surface area contributed by atoms with Crippen LogP contribution in [0.25, 0.3) is 0 Å². The maximum absolute atomic E-state index is 10.3. The van der Waals surface area contributed by atoms with Gasteiger partial charge in [-0.05, 0) is 12.2 Å². The molecule has 0 aromatic rings. The fourth-order valence-electron chi connectivity index (χ4n) is 0. The van der Waals surface area contributed by atoms with Crippen LogP contribution in [0.5, 0.6) is 0 Å². The predicted octanol–water partition coefficient (Wildman–Crippen LogP) is 0.0569. The second-order valence-electron chi connectivity index (χ2n) is 1.66. The molecule has 2 nitrogen and oxygen atoms in total. The lowest BCUT2D eigenvalue weighted by Gasteiger charge is -2.24. The summed E-state index contributed by atoms with van der Waals surface area (Å²) in [7, 11) is 0. The van der Waals surface area contributed by atoms with Gasteiger partial charge >= 0.3 is 0 Å². The van der Waals surface area contributed by atoms with Gasteiger partial charge in [-0.3, -0.25) is 0 Å². The molecule has 1 unspecified atom stereocenters. The Kier molecular flexibility index (Phi) is 2.41. The average Bonchev–Trinajstić information content (AvgIpc) is 1.31. The Morgan fingerprint density at radius 1 is 1.71 bits per heavy atom. The molecule has 0 saturated heterocycles. The van der Waals surface area contributed by atoms with Crippen LogP contribution in [0.4, 0.5) is 0 Å². The van der Waals surface area contributed by atoms with E-state index < -0.39 is 6.49 Å². The summed E-state index contributed by atoms with van der Waals surface area (Å²) in [6, 6.07) is 0. The normalized spacial score (nSPS) is 19.6. The molecule has 0 aromatic carbocycles. The first kappa shape index (κ1) is 7.57. The third-order valence-electron chi connectivity index (χ3n) is 0.653. The predicted molar refractivity (Wildman–Crippen MR) is 31.6 cm³/mol. The minimum atomic E-state index is -3.15. The summed E-state index contributed by atoms with van der Waals surface area (Å²) in [5, 5.41) is 0. The van der Waals surface area contributed by atoms with Gasteiger partial charge in [0.1, 0.15) is 0 Å². The van der Waals surface area contributed by atoms with Crippen molar-refractivity contribution in [2.24, 2.45) is 0 Å². The van der Waals surface area contributed by atoms with Crippen LogP contribution in [0.3, 0.4) is 0 Å². The SMILES string of the molecule is CC(C)P([O-])(O)=S. The largest absolute Gasteiger partial charge is 0.801 e. The Hall–Kier alpha value is 0.570. The molecule has 0 fully saturated rings. The lowest BCUT2D eigenvalue weighted by molar-refractivity contribution is -0.179. The highest BCUT2D eigenvalue weighted by molar-refractivity contribution is 8.08. The van der Waals surface area contributed by atoms with Crippen molar-refractivity contribution in [3.05, 3.63) is 0 Å². The minimum Gasteiger partial charge on any atom is -0.801 e. The smallest absolute Gasteiger partial charge is 0.00695 e. The third kappa shape index (κ3) is 3.18. The van der Waals surface area contributed by atoms with Crippen LogP contribution in [-0.2, 0) is 11.8 Å². The van der Waals surface area contributed by atoms with Crippen LogP contribution in [0, 0.1) is 0 Å². The van der Waals surface area contributed by atoms with Gasteiger partial charge in [-0.2, -0.15) is 0 Å². The van der Waals surface area contributed by atoms with Gasteiger partial charge in [0.25, 0.3) is 0 Å². The number of hydrogen-bond acceptors (Lipinski definition) is 2. The summed E-state index contributed by atoms with van der Waals surface area (Å²) in [4.78, 5) is 18.8. The standard InChI is InChI=1S/C3H9O2PS/c1-3(2)6(4,5)7/h3H,1-2H3,(H2,4,5,7)/p-1. The fourth-order valence-corrected chi connectivity index (χ4v) is 0. The van der Waals surface area contributed by atoms with Crippen molar-refractivity contribution in [1.82, 2.24) is 0 Å². The Balaban J connectivity index is 3.80. The molecule has 7 heavy (non-hydrogen) atoms. The summed E-state index contributed by atoms with van der Waals surface area (Å²) < 4.78 is 0. The molecule has 0 aliphatic rings. The molecule has 0 bridgehead atoms. The third-order valence-corrected chi connectivity index (χ3v) is 3.22. The molecule has 1 atom stereocenters. The molecule has 0 saturated carbocycles. The van der Waals surface area contributed by atoms with E-state index in [1.54, 1.807) is 13.8 Å². The molecule has 0 amide bonds. The molecule has 4 heteroatoms. The second-order valence-corrected chi connectivity index (χ2v) is 5.39. The molecule has 0 spiro atoms. The van der Waals surface area contributed by atoms with Crippen molar-refractivity contribution < 1.29 is 9.79 Å². The second kappa shape index (κ2) is 2.23. The lowest BCUT2D eigenvalue weighted by Crippen LogP contribution is -2.08. The molecular formula is C3H8O2PS-. The van der Waals surface area contributed by atoms with Crippen molar-refractivity contribution in [3.63, 3.8) is 0 Å². The van der Waals surface area contributed by atoms with Gasteiger partial charge in [0.05, 0.1) is 0 Å². The van der Waals surface area contributed by atoms with Crippen LogP contribution in [-0.4, -0.2) is 10.6 Å². The van der Waals surface area contributed by atoms with E-state index in [4.69, 9.17) is 4.89 Å². The first-order valence-corrected chi connectivity index (χ1v) is 4.72. The van der Waals surface area contributed by atoms with E-state index in [1.165, 1.54) is 0 Å². The van der Waals surface area contributed by atoms with Gasteiger partial charge in [0.2, 0.25) is 0 Å².